The third-order valence-corrected chi connectivity index (χ3v) is 2.41. The zero-order valence-corrected chi connectivity index (χ0v) is 10.4. The maximum Gasteiger partial charge on any atom is 0.305 e. The zero-order valence-electron chi connectivity index (χ0n) is 10.4. The number of nitrogens with two attached hydrogens (primary N) is 1. The van der Waals surface area contributed by atoms with Crippen LogP contribution in [0.4, 0.5) is 5.69 Å². The van der Waals surface area contributed by atoms with Crippen LogP contribution in [0.5, 0.6) is 0 Å². The summed E-state index contributed by atoms with van der Waals surface area (Å²) in [4.78, 5) is 24.1. The average molecular weight is 250 g/mol. The van der Waals surface area contributed by atoms with Gasteiger partial charge in [-0.1, -0.05) is 18.2 Å². The molecule has 5 nitrogen and oxygen atoms in total. The number of amides is 1. The predicted molar refractivity (Wildman–Crippen MR) is 69.3 cm³/mol. The highest BCUT2D eigenvalue weighted by Gasteiger charge is 2.17. The van der Waals surface area contributed by atoms with E-state index in [0.717, 1.165) is 0 Å². The molecule has 3 N–H and O–H groups in total. The summed E-state index contributed by atoms with van der Waals surface area (Å²) in [5, 5.41) is 8.71. The molecule has 0 aromatic heterocycles. The molecule has 0 aliphatic heterocycles. The lowest BCUT2D eigenvalue weighted by atomic mass is 10.2. The van der Waals surface area contributed by atoms with Crippen LogP contribution in [-0.2, 0) is 9.59 Å². The van der Waals surface area contributed by atoms with Crippen molar-refractivity contribution in [3.63, 3.8) is 0 Å². The van der Waals surface area contributed by atoms with Crippen molar-refractivity contribution in [2.75, 3.05) is 11.4 Å². The van der Waals surface area contributed by atoms with Crippen LogP contribution in [0.15, 0.2) is 30.3 Å². The number of carbonyl (C=O) groups is 2. The van der Waals surface area contributed by atoms with Crippen LogP contribution in [0, 0.1) is 0 Å². The van der Waals surface area contributed by atoms with Crippen molar-refractivity contribution in [2.45, 2.75) is 25.8 Å². The molecule has 1 unspecified atom stereocenters. The number of carboxylic acid groups (broad SMARTS) is 1. The Morgan fingerprint density at radius 2 is 1.94 bits per heavy atom. The minimum Gasteiger partial charge on any atom is -0.481 e. The fraction of sp³-hybridized carbons (Fsp3) is 0.385. The number of benzene rings is 1. The van der Waals surface area contributed by atoms with Crippen molar-refractivity contribution in [3.05, 3.63) is 30.3 Å². The van der Waals surface area contributed by atoms with Crippen LogP contribution in [0.2, 0.25) is 0 Å². The number of carbonyl (C=O) groups excluding carboxylic acids is 1. The topological polar surface area (TPSA) is 83.6 Å². The van der Waals surface area contributed by atoms with Gasteiger partial charge in [-0.3, -0.25) is 9.59 Å². The van der Waals surface area contributed by atoms with Gasteiger partial charge in [0.2, 0.25) is 5.91 Å². The van der Waals surface area contributed by atoms with Crippen LogP contribution in [0.3, 0.4) is 0 Å². The molecule has 0 aliphatic carbocycles. The van der Waals surface area contributed by atoms with Crippen molar-refractivity contribution in [1.82, 2.24) is 0 Å². The Kier molecular flexibility index (Phi) is 5.32. The molecule has 18 heavy (non-hydrogen) atoms. The largest absolute Gasteiger partial charge is 0.481 e. The molecule has 0 heterocycles. The van der Waals surface area contributed by atoms with Crippen LogP contribution in [-0.4, -0.2) is 29.6 Å². The van der Waals surface area contributed by atoms with Gasteiger partial charge >= 0.3 is 5.97 Å². The van der Waals surface area contributed by atoms with E-state index in [9.17, 15) is 9.59 Å². The molecule has 0 radical (unpaired) electrons. The smallest absolute Gasteiger partial charge is 0.305 e. The van der Waals surface area contributed by atoms with Gasteiger partial charge in [0, 0.05) is 24.7 Å². The van der Waals surface area contributed by atoms with E-state index >= 15 is 0 Å². The minimum absolute atomic E-state index is 0.0837. The first-order valence-corrected chi connectivity index (χ1v) is 5.83. The number of aliphatic carboxylic acids is 1. The quantitative estimate of drug-likeness (QED) is 0.795. The fourth-order valence-electron chi connectivity index (χ4n) is 1.60. The number of carboxylic acids is 1. The summed E-state index contributed by atoms with van der Waals surface area (Å²) < 4.78 is 0. The highest BCUT2D eigenvalue weighted by molar-refractivity contribution is 5.94. The summed E-state index contributed by atoms with van der Waals surface area (Å²) in [6.07, 6.45) is 0.119. The van der Waals surface area contributed by atoms with E-state index < -0.39 is 5.97 Å². The van der Waals surface area contributed by atoms with Gasteiger partial charge in [-0.2, -0.15) is 0 Å². The van der Waals surface area contributed by atoms with E-state index in [1.807, 2.05) is 18.2 Å². The molecule has 0 saturated carbocycles. The highest BCUT2D eigenvalue weighted by atomic mass is 16.4. The molecule has 1 amide bonds. The third-order valence-electron chi connectivity index (χ3n) is 2.41. The molecule has 0 bridgehead atoms. The zero-order chi connectivity index (χ0) is 13.5. The normalized spacial score (nSPS) is 11.9. The molecule has 5 heteroatoms. The summed E-state index contributed by atoms with van der Waals surface area (Å²) in [5.74, 6) is -1.08. The standard InChI is InChI=1S/C13H18N2O3/c1-10(14)9-12(16)15(8-7-13(17)18)11-5-3-2-4-6-11/h2-6,10H,7-9,14H2,1H3,(H,17,18). The maximum absolute atomic E-state index is 12.0. The van der Waals surface area contributed by atoms with Gasteiger partial charge < -0.3 is 15.7 Å². The lowest BCUT2D eigenvalue weighted by Gasteiger charge is -2.23. The average Bonchev–Trinajstić information content (AvgIpc) is 2.29. The molecule has 0 saturated heterocycles. The van der Waals surface area contributed by atoms with Gasteiger partial charge in [-0.15, -0.1) is 0 Å². The van der Waals surface area contributed by atoms with Crippen molar-refractivity contribution in [3.8, 4) is 0 Å². The Bertz CT molecular complexity index is 404. The number of para-hydroxylation sites is 1. The second kappa shape index (κ2) is 6.76. The Morgan fingerprint density at radius 1 is 1.33 bits per heavy atom. The van der Waals surface area contributed by atoms with Crippen LogP contribution >= 0.6 is 0 Å². The first-order chi connectivity index (χ1) is 8.50. The lowest BCUT2D eigenvalue weighted by Crippen LogP contribution is -2.36. The van der Waals surface area contributed by atoms with Crippen LogP contribution < -0.4 is 10.6 Å². The molecular formula is C13H18N2O3. The maximum atomic E-state index is 12.0. The van der Waals surface area contributed by atoms with E-state index in [1.165, 1.54) is 4.90 Å². The number of anilines is 1. The third kappa shape index (κ3) is 4.55. The second-order valence-electron chi connectivity index (χ2n) is 4.21. The second-order valence-corrected chi connectivity index (χ2v) is 4.21. The molecule has 98 valence electrons. The van der Waals surface area contributed by atoms with E-state index in [0.29, 0.717) is 5.69 Å². The predicted octanol–water partition coefficient (Wildman–Crippen LogP) is 1.23. The van der Waals surface area contributed by atoms with E-state index in [1.54, 1.807) is 19.1 Å². The Hall–Kier alpha value is -1.88. The van der Waals surface area contributed by atoms with E-state index in [-0.39, 0.29) is 31.3 Å². The summed E-state index contributed by atoms with van der Waals surface area (Å²) in [6.45, 7) is 1.91. The van der Waals surface area contributed by atoms with Gasteiger partial charge in [0.05, 0.1) is 6.42 Å². The Labute approximate surface area is 106 Å². The summed E-state index contributed by atoms with van der Waals surface area (Å²) in [5.41, 5.74) is 6.30. The SMILES string of the molecule is CC(N)CC(=O)N(CCC(=O)O)c1ccccc1. The number of rotatable bonds is 6. The Balaban J connectivity index is 2.81. The van der Waals surface area contributed by atoms with Crippen molar-refractivity contribution < 1.29 is 14.7 Å². The molecule has 0 fully saturated rings. The van der Waals surface area contributed by atoms with Crippen molar-refractivity contribution in [2.24, 2.45) is 5.73 Å². The molecule has 1 aromatic rings. The number of hydrogen-bond donors (Lipinski definition) is 2. The molecule has 0 aliphatic rings. The van der Waals surface area contributed by atoms with E-state index in [4.69, 9.17) is 10.8 Å². The molecule has 1 atom stereocenters. The minimum atomic E-state index is -0.926. The van der Waals surface area contributed by atoms with Crippen molar-refractivity contribution >= 4 is 17.6 Å². The number of nitrogens with zero attached hydrogens (tertiary/aromatic N) is 1. The summed E-state index contributed by atoms with van der Waals surface area (Å²) >= 11 is 0. The van der Waals surface area contributed by atoms with E-state index in [2.05, 4.69) is 0 Å². The molecule has 1 rings (SSSR count). The van der Waals surface area contributed by atoms with Crippen LogP contribution in [0.1, 0.15) is 19.8 Å². The summed E-state index contributed by atoms with van der Waals surface area (Å²) in [7, 11) is 0. The first-order valence-electron chi connectivity index (χ1n) is 5.83. The molecular weight excluding hydrogens is 232 g/mol. The molecule has 1 aromatic carbocycles. The fourth-order valence-corrected chi connectivity index (χ4v) is 1.60. The van der Waals surface area contributed by atoms with Crippen molar-refractivity contribution in [1.29, 1.82) is 0 Å². The number of hydrogen-bond acceptors (Lipinski definition) is 3. The first kappa shape index (κ1) is 14.2. The van der Waals surface area contributed by atoms with Gasteiger partial charge in [-0.25, -0.2) is 0 Å². The Morgan fingerprint density at radius 3 is 2.44 bits per heavy atom. The van der Waals surface area contributed by atoms with Gasteiger partial charge in [0.1, 0.15) is 0 Å². The monoisotopic (exact) mass is 250 g/mol. The van der Waals surface area contributed by atoms with Gasteiger partial charge in [0.15, 0.2) is 0 Å². The lowest BCUT2D eigenvalue weighted by molar-refractivity contribution is -0.136. The van der Waals surface area contributed by atoms with Gasteiger partial charge in [0.25, 0.3) is 0 Å². The van der Waals surface area contributed by atoms with Gasteiger partial charge in [-0.05, 0) is 19.1 Å². The summed E-state index contributed by atoms with van der Waals surface area (Å²) in [6, 6.07) is 8.77. The van der Waals surface area contributed by atoms with Crippen LogP contribution in [0.25, 0.3) is 0 Å². The molecule has 0 spiro atoms. The highest BCUT2D eigenvalue weighted by Crippen LogP contribution is 2.15.